The Morgan fingerprint density at radius 3 is 2.50 bits per heavy atom. The van der Waals surface area contributed by atoms with Gasteiger partial charge in [-0.2, -0.15) is 0 Å². The predicted octanol–water partition coefficient (Wildman–Crippen LogP) is 1.36. The molecule has 1 atom stereocenters. The molecule has 2 aliphatic rings. The van der Waals surface area contributed by atoms with Crippen molar-refractivity contribution in [1.29, 1.82) is 0 Å². The molecule has 0 aliphatic carbocycles. The second kappa shape index (κ2) is 7.73. The largest absolute Gasteiger partial charge is 0.338 e. The van der Waals surface area contributed by atoms with Crippen LogP contribution in [0.5, 0.6) is 0 Å². The van der Waals surface area contributed by atoms with Crippen LogP contribution in [-0.2, 0) is 9.84 Å². The van der Waals surface area contributed by atoms with Crippen LogP contribution in [0, 0.1) is 0 Å². The zero-order chi connectivity index (χ0) is 18.7. The summed E-state index contributed by atoms with van der Waals surface area (Å²) < 4.78 is 23.3. The first-order valence-corrected chi connectivity index (χ1v) is 10.9. The number of nitrogens with zero attached hydrogens (tertiary/aromatic N) is 3. The minimum atomic E-state index is -3.06. The molecule has 2 aliphatic heterocycles. The normalized spacial score (nSPS) is 22.7. The van der Waals surface area contributed by atoms with Gasteiger partial charge in [0.2, 0.25) is 0 Å². The van der Waals surface area contributed by atoms with Gasteiger partial charge in [0.15, 0.2) is 9.84 Å². The first-order valence-electron chi connectivity index (χ1n) is 9.10. The van der Waals surface area contributed by atoms with Crippen LogP contribution in [0.25, 0.3) is 0 Å². The third kappa shape index (κ3) is 4.23. The zero-order valence-electron chi connectivity index (χ0n) is 15.1. The molecule has 2 fully saturated rings. The Morgan fingerprint density at radius 2 is 1.88 bits per heavy atom. The minimum Gasteiger partial charge on any atom is -0.338 e. The number of likely N-dealkylation sites (tertiary alicyclic amines) is 1. The maximum absolute atomic E-state index is 12.7. The maximum atomic E-state index is 12.7. The molecule has 8 heteroatoms. The van der Waals surface area contributed by atoms with E-state index >= 15 is 0 Å². The third-order valence-corrected chi connectivity index (χ3v) is 6.95. The fraction of sp³-hybridized carbons (Fsp3) is 0.611. The van der Waals surface area contributed by atoms with Crippen molar-refractivity contribution in [2.24, 2.45) is 0 Å². The van der Waals surface area contributed by atoms with E-state index < -0.39 is 9.84 Å². The van der Waals surface area contributed by atoms with E-state index in [0.717, 1.165) is 38.8 Å². The lowest BCUT2D eigenvalue weighted by atomic mass is 10.1. The number of pyridine rings is 1. The minimum absolute atomic E-state index is 0.000110. The maximum Gasteiger partial charge on any atom is 0.272 e. The summed E-state index contributed by atoms with van der Waals surface area (Å²) in [6, 6.07) is 2.78. The molecule has 0 radical (unpaired) electrons. The van der Waals surface area contributed by atoms with Crippen molar-refractivity contribution in [3.63, 3.8) is 0 Å². The van der Waals surface area contributed by atoms with Gasteiger partial charge in [-0.15, -0.1) is 0 Å². The Hall–Kier alpha value is -1.96. The zero-order valence-corrected chi connectivity index (χ0v) is 15.9. The number of carbonyl (C=O) groups excluding carboxylic acids is 2. The van der Waals surface area contributed by atoms with E-state index in [1.165, 1.54) is 17.2 Å². The highest BCUT2D eigenvalue weighted by molar-refractivity contribution is 7.91. The van der Waals surface area contributed by atoms with Crippen molar-refractivity contribution in [1.82, 2.24) is 14.8 Å². The lowest BCUT2D eigenvalue weighted by Gasteiger charge is -2.24. The first-order chi connectivity index (χ1) is 12.4. The van der Waals surface area contributed by atoms with E-state index in [1.807, 2.05) is 0 Å². The van der Waals surface area contributed by atoms with Gasteiger partial charge in [-0.05, 0) is 31.4 Å². The van der Waals surface area contributed by atoms with Crippen LogP contribution in [-0.4, -0.2) is 72.7 Å². The second-order valence-corrected chi connectivity index (χ2v) is 9.34. The number of aromatic nitrogens is 1. The molecule has 0 spiro atoms. The SMILES string of the molecule is CN(C(=O)c1ccnc(C(=O)N2CCCCCC2)c1)C1CCS(=O)(=O)C1. The number of sulfone groups is 1. The van der Waals surface area contributed by atoms with Crippen LogP contribution >= 0.6 is 0 Å². The molecule has 7 nitrogen and oxygen atoms in total. The van der Waals surface area contributed by atoms with Gasteiger partial charge in [-0.25, -0.2) is 8.42 Å². The molecule has 1 unspecified atom stereocenters. The van der Waals surface area contributed by atoms with E-state index in [0.29, 0.717) is 12.0 Å². The molecule has 0 saturated carbocycles. The Balaban J connectivity index is 1.74. The van der Waals surface area contributed by atoms with E-state index in [4.69, 9.17) is 0 Å². The number of rotatable bonds is 3. The molecule has 3 rings (SSSR count). The molecule has 3 heterocycles. The molecule has 0 aromatic carbocycles. The van der Waals surface area contributed by atoms with E-state index in [9.17, 15) is 18.0 Å². The summed E-state index contributed by atoms with van der Waals surface area (Å²) >= 11 is 0. The Kier molecular flexibility index (Phi) is 5.60. The first kappa shape index (κ1) is 18.8. The summed E-state index contributed by atoms with van der Waals surface area (Å²) in [6.07, 6.45) is 6.16. The highest BCUT2D eigenvalue weighted by atomic mass is 32.2. The lowest BCUT2D eigenvalue weighted by Crippen LogP contribution is -2.38. The van der Waals surface area contributed by atoms with Crippen LogP contribution in [0.15, 0.2) is 18.3 Å². The highest BCUT2D eigenvalue weighted by Crippen LogP contribution is 2.19. The number of hydrogen-bond donors (Lipinski definition) is 0. The quantitative estimate of drug-likeness (QED) is 0.791. The van der Waals surface area contributed by atoms with E-state index in [2.05, 4.69) is 4.98 Å². The van der Waals surface area contributed by atoms with Gasteiger partial charge in [0.1, 0.15) is 5.69 Å². The topological polar surface area (TPSA) is 87.7 Å². The second-order valence-electron chi connectivity index (χ2n) is 7.11. The summed E-state index contributed by atoms with van der Waals surface area (Å²) in [7, 11) is -1.45. The molecule has 142 valence electrons. The van der Waals surface area contributed by atoms with Crippen LogP contribution in [0.3, 0.4) is 0 Å². The van der Waals surface area contributed by atoms with E-state index in [-0.39, 0.29) is 35.1 Å². The van der Waals surface area contributed by atoms with Crippen molar-refractivity contribution in [2.45, 2.75) is 38.1 Å². The van der Waals surface area contributed by atoms with Gasteiger partial charge >= 0.3 is 0 Å². The number of amides is 2. The molecule has 2 amide bonds. The van der Waals surface area contributed by atoms with Gasteiger partial charge < -0.3 is 9.80 Å². The van der Waals surface area contributed by atoms with E-state index in [1.54, 1.807) is 18.0 Å². The van der Waals surface area contributed by atoms with Crippen molar-refractivity contribution >= 4 is 21.7 Å². The van der Waals surface area contributed by atoms with Crippen LogP contribution < -0.4 is 0 Å². The Labute approximate surface area is 154 Å². The van der Waals surface area contributed by atoms with Gasteiger partial charge in [-0.3, -0.25) is 14.6 Å². The summed E-state index contributed by atoms with van der Waals surface area (Å²) in [5.41, 5.74) is 0.634. The summed E-state index contributed by atoms with van der Waals surface area (Å²) in [4.78, 5) is 32.8. The van der Waals surface area contributed by atoms with Gasteiger partial charge in [0.25, 0.3) is 11.8 Å². The molecule has 0 N–H and O–H groups in total. The van der Waals surface area contributed by atoms with Crippen molar-refractivity contribution in [2.75, 3.05) is 31.6 Å². The molecular weight excluding hydrogens is 354 g/mol. The average Bonchev–Trinajstić information content (AvgIpc) is 2.84. The van der Waals surface area contributed by atoms with Gasteiger partial charge in [0.05, 0.1) is 11.5 Å². The Morgan fingerprint density at radius 1 is 1.19 bits per heavy atom. The molecule has 2 saturated heterocycles. The predicted molar refractivity (Wildman–Crippen MR) is 97.8 cm³/mol. The molecule has 26 heavy (non-hydrogen) atoms. The standard InChI is InChI=1S/C18H25N3O4S/c1-20(15-7-11-26(24,25)13-15)17(22)14-6-8-19-16(12-14)18(23)21-9-4-2-3-5-10-21/h6,8,12,15H,2-5,7,9-11,13H2,1H3. The number of carbonyl (C=O) groups is 2. The van der Waals surface area contributed by atoms with Crippen molar-refractivity contribution in [3.05, 3.63) is 29.6 Å². The third-order valence-electron chi connectivity index (χ3n) is 5.20. The van der Waals surface area contributed by atoms with Crippen molar-refractivity contribution < 1.29 is 18.0 Å². The van der Waals surface area contributed by atoms with Crippen LogP contribution in [0.4, 0.5) is 0 Å². The summed E-state index contributed by atoms with van der Waals surface area (Å²) in [5, 5.41) is 0. The van der Waals surface area contributed by atoms with Crippen molar-refractivity contribution in [3.8, 4) is 0 Å². The van der Waals surface area contributed by atoms with Crippen LogP contribution in [0.1, 0.15) is 53.0 Å². The fourth-order valence-corrected chi connectivity index (χ4v) is 5.34. The highest BCUT2D eigenvalue weighted by Gasteiger charge is 2.33. The molecular formula is C18H25N3O4S. The van der Waals surface area contributed by atoms with Gasteiger partial charge in [0, 0.05) is 37.9 Å². The lowest BCUT2D eigenvalue weighted by molar-refractivity contribution is 0.0747. The van der Waals surface area contributed by atoms with Crippen LogP contribution in [0.2, 0.25) is 0 Å². The summed E-state index contributed by atoms with van der Waals surface area (Å²) in [5.74, 6) is -0.309. The summed E-state index contributed by atoms with van der Waals surface area (Å²) in [6.45, 7) is 1.44. The molecule has 1 aromatic heterocycles. The smallest absolute Gasteiger partial charge is 0.272 e. The molecule has 0 bridgehead atoms. The average molecular weight is 379 g/mol. The Bertz CT molecular complexity index is 785. The number of hydrogen-bond acceptors (Lipinski definition) is 5. The van der Waals surface area contributed by atoms with Gasteiger partial charge in [-0.1, -0.05) is 12.8 Å². The monoisotopic (exact) mass is 379 g/mol. The molecule has 1 aromatic rings. The fourth-order valence-electron chi connectivity index (χ4n) is 3.57.